The molecule has 0 aromatic heterocycles. The van der Waals surface area contributed by atoms with E-state index in [0.29, 0.717) is 17.8 Å². The Balaban J connectivity index is 1.59. The van der Waals surface area contributed by atoms with E-state index in [2.05, 4.69) is 5.32 Å². The van der Waals surface area contributed by atoms with Crippen molar-refractivity contribution >= 4 is 29.2 Å². The summed E-state index contributed by atoms with van der Waals surface area (Å²) in [7, 11) is 0. The van der Waals surface area contributed by atoms with Crippen LogP contribution in [0.25, 0.3) is 0 Å². The SMILES string of the molecule is CC(C)OC(=O)c1ccc(NC(=O)[C@@H]2CC(=O)N(c3ccc(OC(C)C)cc3)C2)cc1. The topological polar surface area (TPSA) is 84.9 Å². The largest absolute Gasteiger partial charge is 0.491 e. The number of carbonyl (C=O) groups excluding carboxylic acids is 3. The first kappa shape index (κ1) is 22.3. The molecule has 0 bridgehead atoms. The van der Waals surface area contributed by atoms with Crippen molar-refractivity contribution in [1.29, 1.82) is 0 Å². The van der Waals surface area contributed by atoms with Crippen molar-refractivity contribution in [2.45, 2.75) is 46.3 Å². The third kappa shape index (κ3) is 5.84. The van der Waals surface area contributed by atoms with Gasteiger partial charge in [-0.1, -0.05) is 0 Å². The fraction of sp³-hybridized carbons (Fsp3) is 0.375. The molecule has 1 aliphatic heterocycles. The van der Waals surface area contributed by atoms with Gasteiger partial charge in [0.05, 0.1) is 23.7 Å². The molecule has 2 aromatic carbocycles. The molecule has 0 saturated carbocycles. The highest BCUT2D eigenvalue weighted by Gasteiger charge is 2.35. The van der Waals surface area contributed by atoms with Crippen LogP contribution in [-0.2, 0) is 14.3 Å². The zero-order valence-electron chi connectivity index (χ0n) is 18.3. The van der Waals surface area contributed by atoms with Gasteiger partial charge < -0.3 is 19.7 Å². The fourth-order valence-electron chi connectivity index (χ4n) is 3.33. The van der Waals surface area contributed by atoms with E-state index in [1.54, 1.807) is 43.0 Å². The summed E-state index contributed by atoms with van der Waals surface area (Å²) < 4.78 is 10.8. The lowest BCUT2D eigenvalue weighted by Crippen LogP contribution is -2.28. The summed E-state index contributed by atoms with van der Waals surface area (Å²) in [4.78, 5) is 38.7. The van der Waals surface area contributed by atoms with Gasteiger partial charge in [-0.25, -0.2) is 4.79 Å². The lowest BCUT2D eigenvalue weighted by atomic mass is 10.1. The van der Waals surface area contributed by atoms with Crippen molar-refractivity contribution in [3.8, 4) is 5.75 Å². The van der Waals surface area contributed by atoms with E-state index in [1.165, 1.54) is 0 Å². The minimum atomic E-state index is -0.454. The van der Waals surface area contributed by atoms with E-state index in [4.69, 9.17) is 9.47 Å². The van der Waals surface area contributed by atoms with Gasteiger partial charge in [-0.05, 0) is 76.2 Å². The number of ether oxygens (including phenoxy) is 2. The molecular weight excluding hydrogens is 396 g/mol. The Morgan fingerprint density at radius 3 is 2.19 bits per heavy atom. The summed E-state index contributed by atoms with van der Waals surface area (Å²) in [5.74, 6) is -0.447. The highest BCUT2D eigenvalue weighted by atomic mass is 16.5. The first-order valence-corrected chi connectivity index (χ1v) is 10.4. The van der Waals surface area contributed by atoms with Crippen LogP contribution in [0.2, 0.25) is 0 Å². The monoisotopic (exact) mass is 424 g/mol. The highest BCUT2D eigenvalue weighted by molar-refractivity contribution is 6.03. The smallest absolute Gasteiger partial charge is 0.338 e. The van der Waals surface area contributed by atoms with E-state index in [9.17, 15) is 14.4 Å². The number of hydrogen-bond donors (Lipinski definition) is 1. The van der Waals surface area contributed by atoms with Gasteiger partial charge in [0.1, 0.15) is 5.75 Å². The predicted octanol–water partition coefficient (Wildman–Crippen LogP) is 4.03. The molecule has 0 radical (unpaired) electrons. The Morgan fingerprint density at radius 2 is 1.61 bits per heavy atom. The standard InChI is InChI=1S/C24H28N2O5/c1-15(2)30-21-11-9-20(10-12-21)26-14-18(13-22(26)27)23(28)25-19-7-5-17(6-8-19)24(29)31-16(3)4/h5-12,15-16,18H,13-14H2,1-4H3,(H,25,28)/t18-/m1/s1. The van der Waals surface area contributed by atoms with Crippen LogP contribution in [0, 0.1) is 5.92 Å². The lowest BCUT2D eigenvalue weighted by molar-refractivity contribution is -0.122. The average Bonchev–Trinajstić information content (AvgIpc) is 3.10. The van der Waals surface area contributed by atoms with Crippen LogP contribution in [0.1, 0.15) is 44.5 Å². The molecule has 7 heteroatoms. The summed E-state index contributed by atoms with van der Waals surface area (Å²) in [6, 6.07) is 13.8. The van der Waals surface area contributed by atoms with E-state index < -0.39 is 11.9 Å². The molecule has 2 aromatic rings. The van der Waals surface area contributed by atoms with Crippen molar-refractivity contribution in [2.75, 3.05) is 16.8 Å². The second-order valence-electron chi connectivity index (χ2n) is 8.09. The Kier molecular flexibility index (Phi) is 6.95. The summed E-state index contributed by atoms with van der Waals surface area (Å²) in [5, 5.41) is 2.82. The van der Waals surface area contributed by atoms with Crippen LogP contribution in [-0.4, -0.2) is 36.5 Å². The minimum Gasteiger partial charge on any atom is -0.491 e. The zero-order chi connectivity index (χ0) is 22.5. The first-order chi connectivity index (χ1) is 14.7. The molecule has 1 N–H and O–H groups in total. The van der Waals surface area contributed by atoms with Gasteiger partial charge in [-0.2, -0.15) is 0 Å². The molecule has 2 amide bonds. The van der Waals surface area contributed by atoms with Crippen LogP contribution >= 0.6 is 0 Å². The Morgan fingerprint density at radius 1 is 0.968 bits per heavy atom. The van der Waals surface area contributed by atoms with Gasteiger partial charge in [0.2, 0.25) is 11.8 Å². The molecular formula is C24H28N2O5. The van der Waals surface area contributed by atoms with E-state index in [0.717, 1.165) is 11.4 Å². The normalized spacial score (nSPS) is 16.0. The number of nitrogens with one attached hydrogen (secondary N) is 1. The van der Waals surface area contributed by atoms with Crippen molar-refractivity contribution in [2.24, 2.45) is 5.92 Å². The molecule has 1 saturated heterocycles. The minimum absolute atomic E-state index is 0.0715. The number of hydrogen-bond acceptors (Lipinski definition) is 5. The third-order valence-corrected chi connectivity index (χ3v) is 4.75. The maximum atomic E-state index is 12.7. The molecule has 1 atom stereocenters. The quantitative estimate of drug-likeness (QED) is 0.679. The Labute approximate surface area is 182 Å². The average molecular weight is 424 g/mol. The number of rotatable bonds is 7. The zero-order valence-corrected chi connectivity index (χ0v) is 18.3. The van der Waals surface area contributed by atoms with Gasteiger partial charge in [-0.3, -0.25) is 9.59 Å². The summed E-state index contributed by atoms with van der Waals surface area (Å²) in [6.45, 7) is 7.78. The van der Waals surface area contributed by atoms with Gasteiger partial charge in [0.15, 0.2) is 0 Å². The Hall–Kier alpha value is -3.35. The van der Waals surface area contributed by atoms with E-state index >= 15 is 0 Å². The summed E-state index contributed by atoms with van der Waals surface area (Å²) in [6.07, 6.45) is 0.0189. The molecule has 1 heterocycles. The number of anilines is 2. The van der Waals surface area contributed by atoms with Crippen molar-refractivity contribution < 1.29 is 23.9 Å². The number of carbonyl (C=O) groups is 3. The number of esters is 1. The van der Waals surface area contributed by atoms with Crippen LogP contribution in [0.5, 0.6) is 5.75 Å². The summed E-state index contributed by atoms with van der Waals surface area (Å²) in [5.41, 5.74) is 1.72. The molecule has 0 unspecified atom stereocenters. The molecule has 0 spiro atoms. The maximum absolute atomic E-state index is 12.7. The van der Waals surface area contributed by atoms with Crippen molar-refractivity contribution in [3.63, 3.8) is 0 Å². The maximum Gasteiger partial charge on any atom is 0.338 e. The molecule has 1 fully saturated rings. The number of nitrogens with zero attached hydrogens (tertiary/aromatic N) is 1. The van der Waals surface area contributed by atoms with Crippen LogP contribution in [0.4, 0.5) is 11.4 Å². The molecule has 7 nitrogen and oxygen atoms in total. The first-order valence-electron chi connectivity index (χ1n) is 10.4. The number of amides is 2. The second-order valence-corrected chi connectivity index (χ2v) is 8.09. The van der Waals surface area contributed by atoms with Gasteiger partial charge in [-0.15, -0.1) is 0 Å². The third-order valence-electron chi connectivity index (χ3n) is 4.75. The van der Waals surface area contributed by atoms with Crippen LogP contribution in [0.3, 0.4) is 0 Å². The second kappa shape index (κ2) is 9.64. The predicted molar refractivity (Wildman–Crippen MR) is 118 cm³/mol. The van der Waals surface area contributed by atoms with Crippen LogP contribution in [0.15, 0.2) is 48.5 Å². The van der Waals surface area contributed by atoms with E-state index in [1.807, 2.05) is 38.1 Å². The number of benzene rings is 2. The molecule has 1 aliphatic rings. The highest BCUT2D eigenvalue weighted by Crippen LogP contribution is 2.28. The molecule has 3 rings (SSSR count). The van der Waals surface area contributed by atoms with Gasteiger partial charge >= 0.3 is 5.97 Å². The van der Waals surface area contributed by atoms with Crippen LogP contribution < -0.4 is 15.0 Å². The molecule has 31 heavy (non-hydrogen) atoms. The van der Waals surface area contributed by atoms with Crippen molar-refractivity contribution in [3.05, 3.63) is 54.1 Å². The van der Waals surface area contributed by atoms with E-state index in [-0.39, 0.29) is 30.4 Å². The lowest BCUT2D eigenvalue weighted by Gasteiger charge is -2.18. The van der Waals surface area contributed by atoms with Crippen molar-refractivity contribution in [1.82, 2.24) is 0 Å². The Bertz CT molecular complexity index is 935. The van der Waals surface area contributed by atoms with Gasteiger partial charge in [0, 0.05) is 24.3 Å². The molecule has 164 valence electrons. The summed E-state index contributed by atoms with van der Waals surface area (Å²) >= 11 is 0. The molecule has 0 aliphatic carbocycles. The fourth-order valence-corrected chi connectivity index (χ4v) is 3.33. The van der Waals surface area contributed by atoms with Gasteiger partial charge in [0.25, 0.3) is 0 Å².